The average molecular weight is 386 g/mol. The molecule has 152 valence electrons. The van der Waals surface area contributed by atoms with Crippen molar-refractivity contribution in [2.75, 3.05) is 53.0 Å². The molecule has 3 heterocycles. The summed E-state index contributed by atoms with van der Waals surface area (Å²) in [6.07, 6.45) is 0.794. The van der Waals surface area contributed by atoms with Crippen LogP contribution >= 0.6 is 0 Å². The number of urea groups is 1. The highest BCUT2D eigenvalue weighted by Crippen LogP contribution is 2.41. The van der Waals surface area contributed by atoms with Gasteiger partial charge in [0.15, 0.2) is 0 Å². The summed E-state index contributed by atoms with van der Waals surface area (Å²) in [6.45, 7) is 7.30. The van der Waals surface area contributed by atoms with Crippen LogP contribution in [0.25, 0.3) is 0 Å². The van der Waals surface area contributed by atoms with Crippen LogP contribution in [0.15, 0.2) is 24.3 Å². The first-order valence-electron chi connectivity index (χ1n) is 10.2. The van der Waals surface area contributed by atoms with E-state index in [2.05, 4.69) is 29.3 Å². The minimum Gasteiger partial charge on any atom is -0.379 e. The molecule has 3 amide bonds. The lowest BCUT2D eigenvalue weighted by atomic mass is 9.89. The fourth-order valence-electron chi connectivity index (χ4n) is 4.97. The molecule has 0 aromatic heterocycles. The third-order valence-electron chi connectivity index (χ3n) is 6.40. The molecule has 0 spiro atoms. The van der Waals surface area contributed by atoms with Crippen molar-refractivity contribution in [2.45, 2.75) is 25.4 Å². The van der Waals surface area contributed by atoms with Gasteiger partial charge in [-0.2, -0.15) is 0 Å². The molecule has 1 aromatic rings. The van der Waals surface area contributed by atoms with E-state index in [-0.39, 0.29) is 29.9 Å². The van der Waals surface area contributed by atoms with Gasteiger partial charge in [0.25, 0.3) is 0 Å². The van der Waals surface area contributed by atoms with Crippen molar-refractivity contribution >= 4 is 11.9 Å². The van der Waals surface area contributed by atoms with Gasteiger partial charge in [-0.05, 0) is 24.5 Å². The topological polar surface area (TPSA) is 65.1 Å². The quantitative estimate of drug-likeness (QED) is 0.849. The van der Waals surface area contributed by atoms with Gasteiger partial charge in [-0.25, -0.2) is 4.79 Å². The van der Waals surface area contributed by atoms with Crippen LogP contribution in [0.1, 0.15) is 23.6 Å². The predicted octanol–water partition coefficient (Wildman–Crippen LogP) is 1.24. The Hall–Kier alpha value is -2.12. The Morgan fingerprint density at radius 1 is 1.18 bits per heavy atom. The third-order valence-corrected chi connectivity index (χ3v) is 6.40. The van der Waals surface area contributed by atoms with E-state index in [1.54, 1.807) is 7.05 Å². The van der Waals surface area contributed by atoms with Crippen LogP contribution in [-0.2, 0) is 9.53 Å². The number of morpholine rings is 1. The van der Waals surface area contributed by atoms with Gasteiger partial charge in [0.1, 0.15) is 0 Å². The lowest BCUT2D eigenvalue weighted by Crippen LogP contribution is -2.57. The number of piperazine rings is 1. The number of hydrogen-bond donors (Lipinski definition) is 1. The molecule has 28 heavy (non-hydrogen) atoms. The summed E-state index contributed by atoms with van der Waals surface area (Å²) < 4.78 is 5.44. The SMILES string of the molecule is CNC(=O)N1CCN2C(=O)C(CN3CCOCC3)CC2C1c1ccccc1C. The minimum absolute atomic E-state index is 0.000689. The molecule has 3 aliphatic heterocycles. The summed E-state index contributed by atoms with van der Waals surface area (Å²) in [6, 6.07) is 8.07. The summed E-state index contributed by atoms with van der Waals surface area (Å²) in [4.78, 5) is 32.1. The highest BCUT2D eigenvalue weighted by atomic mass is 16.5. The van der Waals surface area contributed by atoms with Crippen molar-refractivity contribution in [1.82, 2.24) is 20.0 Å². The monoisotopic (exact) mass is 386 g/mol. The molecule has 0 bridgehead atoms. The van der Waals surface area contributed by atoms with E-state index in [9.17, 15) is 9.59 Å². The molecular weight excluding hydrogens is 356 g/mol. The maximum Gasteiger partial charge on any atom is 0.317 e. The maximum atomic E-state index is 13.2. The molecule has 1 aromatic carbocycles. The standard InChI is InChI=1S/C21H30N4O3/c1-15-5-3-4-6-17(15)19-18-13-16(14-23-9-11-28-12-10-23)20(26)24(18)7-8-25(19)21(27)22-2/h3-6,16,18-19H,7-14H2,1-2H3,(H,22,27). The van der Waals surface area contributed by atoms with Crippen molar-refractivity contribution in [3.63, 3.8) is 0 Å². The van der Waals surface area contributed by atoms with Gasteiger partial charge in [0.05, 0.1) is 31.2 Å². The van der Waals surface area contributed by atoms with Gasteiger partial charge in [0.2, 0.25) is 5.91 Å². The average Bonchev–Trinajstić information content (AvgIpc) is 3.03. The number of aryl methyl sites for hydroxylation is 1. The minimum atomic E-state index is -0.103. The molecule has 3 saturated heterocycles. The molecule has 3 atom stereocenters. The summed E-state index contributed by atoms with van der Waals surface area (Å²) in [5.74, 6) is 0.242. The second-order valence-electron chi connectivity index (χ2n) is 7.99. The molecule has 1 N–H and O–H groups in total. The Labute approximate surface area is 166 Å². The molecule has 4 rings (SSSR count). The number of ether oxygens (including phenoxy) is 1. The number of fused-ring (bicyclic) bond motifs is 1. The van der Waals surface area contributed by atoms with Gasteiger partial charge in [-0.15, -0.1) is 0 Å². The molecule has 0 aliphatic carbocycles. The highest BCUT2D eigenvalue weighted by molar-refractivity contribution is 5.83. The number of nitrogens with zero attached hydrogens (tertiary/aromatic N) is 3. The molecule has 7 heteroatoms. The lowest BCUT2D eigenvalue weighted by Gasteiger charge is -2.45. The Kier molecular flexibility index (Phi) is 5.55. The fourth-order valence-corrected chi connectivity index (χ4v) is 4.97. The van der Waals surface area contributed by atoms with Crippen LogP contribution < -0.4 is 5.32 Å². The molecule has 0 saturated carbocycles. The lowest BCUT2D eigenvalue weighted by molar-refractivity contribution is -0.135. The zero-order valence-corrected chi connectivity index (χ0v) is 16.8. The number of rotatable bonds is 3. The van der Waals surface area contributed by atoms with Crippen molar-refractivity contribution in [1.29, 1.82) is 0 Å². The van der Waals surface area contributed by atoms with Gasteiger partial charge < -0.3 is 19.9 Å². The van der Waals surface area contributed by atoms with Gasteiger partial charge in [-0.3, -0.25) is 9.69 Å². The summed E-state index contributed by atoms with van der Waals surface area (Å²) in [5.41, 5.74) is 2.30. The third kappa shape index (κ3) is 3.49. The largest absolute Gasteiger partial charge is 0.379 e. The van der Waals surface area contributed by atoms with E-state index in [0.29, 0.717) is 13.1 Å². The zero-order valence-electron chi connectivity index (χ0n) is 16.8. The summed E-state index contributed by atoms with van der Waals surface area (Å²) in [5, 5.41) is 2.78. The second-order valence-corrected chi connectivity index (χ2v) is 7.99. The van der Waals surface area contributed by atoms with Gasteiger partial charge in [-0.1, -0.05) is 24.3 Å². The zero-order chi connectivity index (χ0) is 19.7. The molecule has 7 nitrogen and oxygen atoms in total. The highest BCUT2D eigenvalue weighted by Gasteiger charge is 2.49. The molecular formula is C21H30N4O3. The molecule has 3 aliphatic rings. The Morgan fingerprint density at radius 3 is 2.64 bits per heavy atom. The first kappa shape index (κ1) is 19.2. The smallest absolute Gasteiger partial charge is 0.317 e. The first-order chi connectivity index (χ1) is 13.6. The number of hydrogen-bond acceptors (Lipinski definition) is 4. The Bertz CT molecular complexity index is 734. The number of nitrogens with one attached hydrogen (secondary N) is 1. The van der Waals surface area contributed by atoms with E-state index in [1.165, 1.54) is 0 Å². The first-order valence-corrected chi connectivity index (χ1v) is 10.2. The Balaban J connectivity index is 1.61. The van der Waals surface area contributed by atoms with Crippen molar-refractivity contribution in [3.05, 3.63) is 35.4 Å². The van der Waals surface area contributed by atoms with Crippen molar-refractivity contribution in [3.8, 4) is 0 Å². The number of benzene rings is 1. The van der Waals surface area contributed by atoms with Crippen molar-refractivity contribution in [2.24, 2.45) is 5.92 Å². The maximum absolute atomic E-state index is 13.2. The molecule has 0 radical (unpaired) electrons. The summed E-state index contributed by atoms with van der Waals surface area (Å²) >= 11 is 0. The van der Waals surface area contributed by atoms with E-state index in [1.807, 2.05) is 21.9 Å². The van der Waals surface area contributed by atoms with Gasteiger partial charge >= 0.3 is 6.03 Å². The van der Waals surface area contributed by atoms with Gasteiger partial charge in [0, 0.05) is 39.8 Å². The summed E-state index contributed by atoms with van der Waals surface area (Å²) in [7, 11) is 1.67. The van der Waals surface area contributed by atoms with Crippen LogP contribution in [0.2, 0.25) is 0 Å². The van der Waals surface area contributed by atoms with E-state index in [0.717, 1.165) is 50.4 Å². The number of carbonyl (C=O) groups excluding carboxylic acids is 2. The van der Waals surface area contributed by atoms with Crippen LogP contribution in [0.4, 0.5) is 4.79 Å². The van der Waals surface area contributed by atoms with E-state index < -0.39 is 0 Å². The molecule has 3 fully saturated rings. The normalized spacial score (nSPS) is 28.4. The number of amides is 3. The number of carbonyl (C=O) groups is 2. The van der Waals surface area contributed by atoms with Crippen LogP contribution in [0.5, 0.6) is 0 Å². The second kappa shape index (κ2) is 8.09. The van der Waals surface area contributed by atoms with Crippen molar-refractivity contribution < 1.29 is 14.3 Å². The fraction of sp³-hybridized carbons (Fsp3) is 0.619. The van der Waals surface area contributed by atoms with Crippen LogP contribution in [0, 0.1) is 12.8 Å². The Morgan fingerprint density at radius 2 is 1.93 bits per heavy atom. The van der Waals surface area contributed by atoms with E-state index in [4.69, 9.17) is 4.74 Å². The molecule has 3 unspecified atom stereocenters. The van der Waals surface area contributed by atoms with Crippen LogP contribution in [-0.4, -0.2) is 85.7 Å². The predicted molar refractivity (Wildman–Crippen MR) is 106 cm³/mol. The van der Waals surface area contributed by atoms with Crippen LogP contribution in [0.3, 0.4) is 0 Å². The van der Waals surface area contributed by atoms with E-state index >= 15 is 0 Å².